The van der Waals surface area contributed by atoms with Crippen LogP contribution in [-0.4, -0.2) is 6.10 Å². The van der Waals surface area contributed by atoms with Gasteiger partial charge in [0.2, 0.25) is 0 Å². The van der Waals surface area contributed by atoms with Gasteiger partial charge in [0.25, 0.3) is 0 Å². The Labute approximate surface area is 110 Å². The molecule has 1 saturated carbocycles. The molecule has 0 radical (unpaired) electrons. The number of halogens is 1. The molecule has 16 heavy (non-hydrogen) atoms. The monoisotopic (exact) mass is 327 g/mol. The molecule has 0 saturated heterocycles. The van der Waals surface area contributed by atoms with Crippen molar-refractivity contribution in [2.45, 2.75) is 31.8 Å². The Morgan fingerprint density at radius 3 is 2.56 bits per heavy atom. The highest BCUT2D eigenvalue weighted by molar-refractivity contribution is 14.1. The normalized spacial score (nSPS) is 24.8. The van der Waals surface area contributed by atoms with Crippen LogP contribution in [0.4, 0.5) is 0 Å². The first-order valence-corrected chi connectivity index (χ1v) is 6.69. The van der Waals surface area contributed by atoms with E-state index in [4.69, 9.17) is 10.00 Å². The van der Waals surface area contributed by atoms with E-state index in [1.165, 1.54) is 9.99 Å². The fraction of sp³-hybridized carbons (Fsp3) is 0.462. The van der Waals surface area contributed by atoms with E-state index in [1.54, 1.807) is 0 Å². The maximum Gasteiger partial charge on any atom is 0.119 e. The number of hydrogen-bond acceptors (Lipinski definition) is 2. The number of hydrogen-bond donors (Lipinski definition) is 0. The summed E-state index contributed by atoms with van der Waals surface area (Å²) in [5, 5.41) is 9.05. The Morgan fingerprint density at radius 1 is 1.19 bits per heavy atom. The van der Waals surface area contributed by atoms with Gasteiger partial charge in [-0.3, -0.25) is 0 Å². The molecule has 1 fully saturated rings. The van der Waals surface area contributed by atoms with Crippen molar-refractivity contribution in [2.75, 3.05) is 0 Å². The third-order valence-corrected chi connectivity index (χ3v) is 3.69. The molecule has 2 nitrogen and oxygen atoms in total. The summed E-state index contributed by atoms with van der Waals surface area (Å²) in [7, 11) is 0. The summed E-state index contributed by atoms with van der Waals surface area (Å²) in [5.74, 6) is 0.945. The van der Waals surface area contributed by atoms with Crippen LogP contribution < -0.4 is 4.74 Å². The van der Waals surface area contributed by atoms with E-state index in [0.717, 1.165) is 25.0 Å². The van der Waals surface area contributed by atoms with Gasteiger partial charge in [0.1, 0.15) is 11.9 Å². The molecule has 1 aliphatic rings. The average Bonchev–Trinajstić information content (AvgIpc) is 2.33. The van der Waals surface area contributed by atoms with Gasteiger partial charge in [0.05, 0.1) is 12.0 Å². The Morgan fingerprint density at radius 2 is 1.88 bits per heavy atom. The lowest BCUT2D eigenvalue weighted by Crippen LogP contribution is -2.29. The minimum Gasteiger partial charge on any atom is -0.489 e. The molecule has 1 aromatic rings. The minimum atomic E-state index is 0.0630. The number of nitrogens with zero attached hydrogens (tertiary/aromatic N) is 1. The zero-order valence-electron chi connectivity index (χ0n) is 9.03. The zero-order valence-corrected chi connectivity index (χ0v) is 11.2. The molecule has 1 aliphatic carbocycles. The van der Waals surface area contributed by atoms with Crippen molar-refractivity contribution in [3.05, 3.63) is 27.8 Å². The molecule has 2 rings (SSSR count). The molecule has 0 spiro atoms. The molecule has 0 bridgehead atoms. The smallest absolute Gasteiger partial charge is 0.119 e. The summed E-state index contributed by atoms with van der Waals surface area (Å²) in [6.45, 7) is 0. The summed E-state index contributed by atoms with van der Waals surface area (Å²) >= 11 is 2.27. The summed E-state index contributed by atoms with van der Waals surface area (Å²) in [5.41, 5.74) is 0. The van der Waals surface area contributed by atoms with E-state index < -0.39 is 0 Å². The lowest BCUT2D eigenvalue weighted by atomic mass is 9.87. The van der Waals surface area contributed by atoms with Gasteiger partial charge in [0.15, 0.2) is 0 Å². The predicted molar refractivity (Wildman–Crippen MR) is 71.1 cm³/mol. The molecule has 2 unspecified atom stereocenters. The van der Waals surface area contributed by atoms with Crippen LogP contribution in [0.2, 0.25) is 0 Å². The second-order valence-corrected chi connectivity index (χ2v) is 5.38. The fourth-order valence-electron chi connectivity index (χ4n) is 2.07. The van der Waals surface area contributed by atoms with E-state index in [1.807, 2.05) is 24.3 Å². The van der Waals surface area contributed by atoms with E-state index in [9.17, 15) is 0 Å². The minimum absolute atomic E-state index is 0.0630. The van der Waals surface area contributed by atoms with Gasteiger partial charge < -0.3 is 4.74 Å². The van der Waals surface area contributed by atoms with Crippen LogP contribution in [0.3, 0.4) is 0 Å². The Balaban J connectivity index is 2.02. The standard InChI is InChI=1S/C13H14INO/c14-11-5-7-12(8-6-11)16-13-4-2-1-3-10(13)9-15/h5-8,10,13H,1-4H2. The Kier molecular flexibility index (Phi) is 4.05. The third kappa shape index (κ3) is 2.88. The highest BCUT2D eigenvalue weighted by atomic mass is 127. The number of rotatable bonds is 2. The van der Waals surface area contributed by atoms with Crippen LogP contribution in [0.15, 0.2) is 24.3 Å². The first-order valence-electron chi connectivity index (χ1n) is 5.61. The third-order valence-electron chi connectivity index (χ3n) is 2.97. The summed E-state index contributed by atoms with van der Waals surface area (Å²) in [4.78, 5) is 0. The van der Waals surface area contributed by atoms with Crippen LogP contribution in [0, 0.1) is 20.8 Å². The van der Waals surface area contributed by atoms with Gasteiger partial charge >= 0.3 is 0 Å². The first kappa shape index (κ1) is 11.7. The van der Waals surface area contributed by atoms with Crippen molar-refractivity contribution in [1.29, 1.82) is 5.26 Å². The van der Waals surface area contributed by atoms with E-state index in [0.29, 0.717) is 0 Å². The van der Waals surface area contributed by atoms with Crippen LogP contribution in [0.25, 0.3) is 0 Å². The van der Waals surface area contributed by atoms with E-state index in [-0.39, 0.29) is 12.0 Å². The molecular formula is C13H14INO. The molecule has 3 heteroatoms. The van der Waals surface area contributed by atoms with Crippen LogP contribution >= 0.6 is 22.6 Å². The SMILES string of the molecule is N#CC1CCCCC1Oc1ccc(I)cc1. The van der Waals surface area contributed by atoms with Crippen LogP contribution in [-0.2, 0) is 0 Å². The zero-order chi connectivity index (χ0) is 11.4. The van der Waals surface area contributed by atoms with Gasteiger partial charge in [-0.1, -0.05) is 6.42 Å². The molecule has 0 aromatic heterocycles. The van der Waals surface area contributed by atoms with Crippen LogP contribution in [0.1, 0.15) is 25.7 Å². The predicted octanol–water partition coefficient (Wildman–Crippen LogP) is 3.75. The lowest BCUT2D eigenvalue weighted by Gasteiger charge is -2.27. The van der Waals surface area contributed by atoms with Gasteiger partial charge in [-0.15, -0.1) is 0 Å². The molecule has 1 aromatic carbocycles. The second kappa shape index (κ2) is 5.53. The largest absolute Gasteiger partial charge is 0.489 e. The molecule has 2 atom stereocenters. The van der Waals surface area contributed by atoms with Gasteiger partial charge in [-0.2, -0.15) is 5.26 Å². The maximum atomic E-state index is 9.05. The Bertz CT molecular complexity index is 382. The summed E-state index contributed by atoms with van der Waals surface area (Å²) in [6, 6.07) is 10.4. The summed E-state index contributed by atoms with van der Waals surface area (Å²) < 4.78 is 7.09. The molecule has 0 amide bonds. The molecular weight excluding hydrogens is 313 g/mol. The topological polar surface area (TPSA) is 33.0 Å². The highest BCUT2D eigenvalue weighted by Gasteiger charge is 2.26. The van der Waals surface area contributed by atoms with Crippen LogP contribution in [0.5, 0.6) is 5.75 Å². The molecule has 0 aliphatic heterocycles. The van der Waals surface area contributed by atoms with Crippen molar-refractivity contribution in [3.63, 3.8) is 0 Å². The molecule has 0 heterocycles. The van der Waals surface area contributed by atoms with Crippen molar-refractivity contribution in [2.24, 2.45) is 5.92 Å². The highest BCUT2D eigenvalue weighted by Crippen LogP contribution is 2.28. The second-order valence-electron chi connectivity index (χ2n) is 4.13. The van der Waals surface area contributed by atoms with Crippen molar-refractivity contribution < 1.29 is 4.74 Å². The fourth-order valence-corrected chi connectivity index (χ4v) is 2.43. The Hall–Kier alpha value is -0.760. The van der Waals surface area contributed by atoms with Crippen molar-refractivity contribution >= 4 is 22.6 Å². The number of ether oxygens (including phenoxy) is 1. The number of nitriles is 1. The van der Waals surface area contributed by atoms with E-state index >= 15 is 0 Å². The first-order chi connectivity index (χ1) is 7.79. The molecule has 84 valence electrons. The van der Waals surface area contributed by atoms with Gasteiger partial charge in [0, 0.05) is 3.57 Å². The van der Waals surface area contributed by atoms with E-state index in [2.05, 4.69) is 28.7 Å². The van der Waals surface area contributed by atoms with Crippen molar-refractivity contribution in [3.8, 4) is 11.8 Å². The lowest BCUT2D eigenvalue weighted by molar-refractivity contribution is 0.120. The number of benzene rings is 1. The quantitative estimate of drug-likeness (QED) is 0.775. The molecule has 0 N–H and O–H groups in total. The van der Waals surface area contributed by atoms with Gasteiger partial charge in [-0.05, 0) is 66.1 Å². The average molecular weight is 327 g/mol. The summed E-state index contributed by atoms with van der Waals surface area (Å²) in [6.07, 6.45) is 4.40. The van der Waals surface area contributed by atoms with Crippen molar-refractivity contribution in [1.82, 2.24) is 0 Å². The van der Waals surface area contributed by atoms with Gasteiger partial charge in [-0.25, -0.2) is 0 Å². The maximum absolute atomic E-state index is 9.05.